The molecule has 0 spiro atoms. The van der Waals surface area contributed by atoms with E-state index < -0.39 is 6.61 Å². The highest BCUT2D eigenvalue weighted by Gasteiger charge is 2.11. The molecule has 0 aliphatic rings. The smallest absolute Gasteiger partial charge is 0.387 e. The van der Waals surface area contributed by atoms with Crippen molar-refractivity contribution in [3.05, 3.63) is 63.4 Å². The van der Waals surface area contributed by atoms with Crippen LogP contribution in [0.4, 0.5) is 8.78 Å². The molecule has 3 aromatic rings. The normalized spacial score (nSPS) is 11.7. The van der Waals surface area contributed by atoms with Gasteiger partial charge in [0.05, 0.1) is 19.6 Å². The van der Waals surface area contributed by atoms with Crippen molar-refractivity contribution >= 4 is 17.3 Å². The van der Waals surface area contributed by atoms with Gasteiger partial charge in [-0.05, 0) is 31.4 Å². The van der Waals surface area contributed by atoms with Gasteiger partial charge in [-0.25, -0.2) is 4.99 Å². The van der Waals surface area contributed by atoms with Crippen LogP contribution in [0.5, 0.6) is 5.75 Å². The lowest BCUT2D eigenvalue weighted by Gasteiger charge is -2.14. The van der Waals surface area contributed by atoms with Crippen LogP contribution in [-0.4, -0.2) is 27.3 Å². The molecule has 2 N–H and O–H groups in total. The predicted octanol–water partition coefficient (Wildman–Crippen LogP) is 3.53. The summed E-state index contributed by atoms with van der Waals surface area (Å²) in [5.74, 6) is 2.23. The summed E-state index contributed by atoms with van der Waals surface area (Å²) in [5, 5.41) is 16.7. The van der Waals surface area contributed by atoms with Crippen molar-refractivity contribution in [3.8, 4) is 5.75 Å². The van der Waals surface area contributed by atoms with Crippen molar-refractivity contribution < 1.29 is 13.5 Å². The van der Waals surface area contributed by atoms with Crippen molar-refractivity contribution in [1.82, 2.24) is 25.4 Å². The fraction of sp³-hybridized carbons (Fsp3) is 0.350. The Balaban J connectivity index is 1.75. The molecule has 30 heavy (non-hydrogen) atoms. The van der Waals surface area contributed by atoms with Gasteiger partial charge in [0.1, 0.15) is 11.6 Å². The summed E-state index contributed by atoms with van der Waals surface area (Å²) in [6, 6.07) is 9.08. The molecule has 0 atom stereocenters. The number of halogens is 2. The molecule has 0 amide bonds. The van der Waals surface area contributed by atoms with E-state index in [1.165, 1.54) is 0 Å². The number of ether oxygens (including phenoxy) is 1. The van der Waals surface area contributed by atoms with Crippen molar-refractivity contribution in [1.29, 1.82) is 0 Å². The molecule has 0 aliphatic carbocycles. The van der Waals surface area contributed by atoms with E-state index in [0.29, 0.717) is 24.6 Å². The molecule has 0 aliphatic heterocycles. The lowest BCUT2D eigenvalue weighted by Crippen LogP contribution is -2.37. The maximum absolute atomic E-state index is 12.7. The second-order valence-corrected chi connectivity index (χ2v) is 7.70. The van der Waals surface area contributed by atoms with E-state index >= 15 is 0 Å². The highest BCUT2D eigenvalue weighted by Crippen LogP contribution is 2.23. The van der Waals surface area contributed by atoms with Crippen LogP contribution < -0.4 is 15.4 Å². The van der Waals surface area contributed by atoms with Crippen LogP contribution in [-0.2, 0) is 26.7 Å². The molecule has 3 rings (SSSR count). The zero-order chi connectivity index (χ0) is 21.5. The summed E-state index contributed by atoms with van der Waals surface area (Å²) < 4.78 is 32.0. The highest BCUT2D eigenvalue weighted by molar-refractivity contribution is 7.09. The summed E-state index contributed by atoms with van der Waals surface area (Å²) in [6.45, 7) is 2.08. The van der Waals surface area contributed by atoms with Crippen molar-refractivity contribution in [2.75, 3.05) is 0 Å². The average molecular weight is 435 g/mol. The molecule has 0 bridgehead atoms. The average Bonchev–Trinajstić information content (AvgIpc) is 3.34. The predicted molar refractivity (Wildman–Crippen MR) is 113 cm³/mol. The van der Waals surface area contributed by atoms with Crippen LogP contribution in [0.2, 0.25) is 0 Å². The highest BCUT2D eigenvalue weighted by atomic mass is 32.1. The summed E-state index contributed by atoms with van der Waals surface area (Å²) in [6.07, 6.45) is 0. The number of aromatic nitrogens is 3. The van der Waals surface area contributed by atoms with E-state index in [1.54, 1.807) is 29.5 Å². The maximum Gasteiger partial charge on any atom is 0.387 e. The van der Waals surface area contributed by atoms with Gasteiger partial charge < -0.3 is 19.9 Å². The minimum absolute atomic E-state index is 0.126. The van der Waals surface area contributed by atoms with Gasteiger partial charge >= 0.3 is 6.61 Å². The maximum atomic E-state index is 12.7. The molecule has 7 nitrogen and oxygen atoms in total. The Morgan fingerprint density at radius 3 is 2.67 bits per heavy atom. The minimum atomic E-state index is -2.89. The number of hydrogen-bond donors (Lipinski definition) is 2. The van der Waals surface area contributed by atoms with Crippen molar-refractivity contribution in [2.24, 2.45) is 12.0 Å². The molecule has 160 valence electrons. The first-order valence-electron chi connectivity index (χ1n) is 9.36. The number of thiophene rings is 1. The zero-order valence-electron chi connectivity index (χ0n) is 17.0. The van der Waals surface area contributed by atoms with E-state index in [9.17, 15) is 8.78 Å². The first-order valence-corrected chi connectivity index (χ1v) is 10.2. The second-order valence-electron chi connectivity index (χ2n) is 6.66. The van der Waals surface area contributed by atoms with Crippen molar-refractivity contribution in [3.63, 3.8) is 0 Å². The molecule has 0 saturated carbocycles. The number of benzene rings is 1. The number of alkyl halides is 2. The quantitative estimate of drug-likeness (QED) is 0.419. The van der Waals surface area contributed by atoms with Crippen LogP contribution in [0, 0.1) is 13.8 Å². The largest absolute Gasteiger partial charge is 0.434 e. The third-order valence-electron chi connectivity index (χ3n) is 4.45. The number of nitrogens with one attached hydrogen (secondary N) is 2. The first-order chi connectivity index (χ1) is 14.4. The molecule has 0 radical (unpaired) electrons. The van der Waals surface area contributed by atoms with Gasteiger partial charge in [0.25, 0.3) is 0 Å². The van der Waals surface area contributed by atoms with E-state index in [0.717, 1.165) is 22.1 Å². The standard InChI is InChI=1S/C20H24F2N6OS/c1-13-6-7-17(29-19(21)22)15(9-13)10-23-20(24-11-16-5-4-8-30-16)25-12-18-27-26-14(2)28(18)3/h4-9,19H,10-12H2,1-3H3,(H2,23,24,25). The van der Waals surface area contributed by atoms with E-state index in [2.05, 4.69) is 30.6 Å². The summed E-state index contributed by atoms with van der Waals surface area (Å²) in [4.78, 5) is 5.72. The fourth-order valence-corrected chi connectivity index (χ4v) is 3.38. The fourth-order valence-electron chi connectivity index (χ4n) is 2.73. The molecule has 0 saturated heterocycles. The Morgan fingerprint density at radius 1 is 1.20 bits per heavy atom. The number of guanidine groups is 1. The lowest BCUT2D eigenvalue weighted by molar-refractivity contribution is -0.0504. The molecule has 1 aromatic carbocycles. The van der Waals surface area contributed by atoms with Gasteiger partial charge in [-0.1, -0.05) is 23.8 Å². The number of aliphatic imine (C=N–C) groups is 1. The molecule has 2 aromatic heterocycles. The van der Waals surface area contributed by atoms with Crippen LogP contribution in [0.15, 0.2) is 40.7 Å². The molecular weight excluding hydrogens is 410 g/mol. The number of hydrogen-bond acceptors (Lipinski definition) is 5. The third kappa shape index (κ3) is 5.99. The Kier molecular flexibility index (Phi) is 7.34. The second kappa shape index (κ2) is 10.1. The van der Waals surface area contributed by atoms with Crippen LogP contribution in [0.25, 0.3) is 0 Å². The van der Waals surface area contributed by atoms with Crippen LogP contribution >= 0.6 is 11.3 Å². The summed E-state index contributed by atoms with van der Waals surface area (Å²) in [5.41, 5.74) is 1.53. The minimum Gasteiger partial charge on any atom is -0.434 e. The van der Waals surface area contributed by atoms with Gasteiger partial charge in [0, 0.05) is 17.5 Å². The van der Waals surface area contributed by atoms with Gasteiger partial charge in [-0.3, -0.25) is 0 Å². The topological polar surface area (TPSA) is 76.4 Å². The van der Waals surface area contributed by atoms with E-state index in [4.69, 9.17) is 0 Å². The molecule has 0 fully saturated rings. The summed E-state index contributed by atoms with van der Waals surface area (Å²) >= 11 is 1.64. The molecule has 0 unspecified atom stereocenters. The van der Waals surface area contributed by atoms with Crippen LogP contribution in [0.3, 0.4) is 0 Å². The molecule has 2 heterocycles. The third-order valence-corrected chi connectivity index (χ3v) is 5.32. The van der Waals surface area contributed by atoms with Gasteiger partial charge in [-0.15, -0.1) is 21.5 Å². The Bertz CT molecular complexity index is 987. The van der Waals surface area contributed by atoms with Gasteiger partial charge in [-0.2, -0.15) is 8.78 Å². The number of aryl methyl sites for hydroxylation is 2. The molecule has 10 heteroatoms. The Hall–Kier alpha value is -3.01. The zero-order valence-corrected chi connectivity index (χ0v) is 17.8. The Morgan fingerprint density at radius 2 is 2.00 bits per heavy atom. The van der Waals surface area contributed by atoms with Gasteiger partial charge in [0.2, 0.25) is 0 Å². The first kappa shape index (κ1) is 21.7. The van der Waals surface area contributed by atoms with Crippen LogP contribution in [0.1, 0.15) is 27.7 Å². The SMILES string of the molecule is Cc1ccc(OC(F)F)c(CN=C(NCc2cccs2)NCc2nnc(C)n2C)c1. The lowest BCUT2D eigenvalue weighted by atomic mass is 10.1. The Labute approximate surface area is 177 Å². The number of nitrogens with zero attached hydrogens (tertiary/aromatic N) is 4. The van der Waals surface area contributed by atoms with Crippen molar-refractivity contribution in [2.45, 2.75) is 40.1 Å². The van der Waals surface area contributed by atoms with E-state index in [1.807, 2.05) is 43.0 Å². The molecular formula is C20H24F2N6OS. The van der Waals surface area contributed by atoms with Gasteiger partial charge in [0.15, 0.2) is 11.8 Å². The summed E-state index contributed by atoms with van der Waals surface area (Å²) in [7, 11) is 1.89. The monoisotopic (exact) mass is 434 g/mol. The number of rotatable bonds is 8. The van der Waals surface area contributed by atoms with E-state index in [-0.39, 0.29) is 12.3 Å².